The minimum Gasteiger partial charge on any atom is -0.310 e. The maximum absolute atomic E-state index is 2.37. The van der Waals surface area contributed by atoms with Crippen molar-refractivity contribution in [2.75, 3.05) is 9.80 Å². The van der Waals surface area contributed by atoms with Crippen LogP contribution in [0.2, 0.25) is 0 Å². The van der Waals surface area contributed by atoms with Crippen LogP contribution in [0.15, 0.2) is 182 Å². The fourth-order valence-electron chi connectivity index (χ4n) is 6.71. The summed E-state index contributed by atoms with van der Waals surface area (Å²) in [6.07, 6.45) is 0. The van der Waals surface area contributed by atoms with Crippen molar-refractivity contribution in [1.82, 2.24) is 0 Å². The van der Waals surface area contributed by atoms with Gasteiger partial charge in [0.05, 0.1) is 0 Å². The topological polar surface area (TPSA) is 6.48 Å². The molecule has 0 amide bonds. The number of rotatable bonds is 6. The summed E-state index contributed by atoms with van der Waals surface area (Å²) in [5.41, 5.74) is 6.82. The zero-order valence-electron chi connectivity index (χ0n) is 25.6. The van der Waals surface area contributed by atoms with Crippen molar-refractivity contribution in [2.45, 2.75) is 0 Å². The third-order valence-corrected chi connectivity index (χ3v) is 10.1. The lowest BCUT2D eigenvalue weighted by molar-refractivity contribution is 1.29. The van der Waals surface area contributed by atoms with Gasteiger partial charge < -0.3 is 9.80 Å². The van der Waals surface area contributed by atoms with E-state index in [2.05, 4.69) is 192 Å². The quantitative estimate of drug-likeness (QED) is 0.183. The Morgan fingerprint density at radius 3 is 1.09 bits per heavy atom. The molecule has 0 bridgehead atoms. The Morgan fingerprint density at radius 1 is 0.277 bits per heavy atom. The maximum atomic E-state index is 2.37. The minimum atomic E-state index is 1.13. The first kappa shape index (κ1) is 27.4. The van der Waals surface area contributed by atoms with Crippen molar-refractivity contribution in [3.8, 4) is 0 Å². The third-order valence-electron chi connectivity index (χ3n) is 8.96. The van der Waals surface area contributed by atoms with E-state index in [1.807, 2.05) is 11.3 Å². The van der Waals surface area contributed by atoms with Crippen LogP contribution in [0.5, 0.6) is 0 Å². The fraction of sp³-hybridized carbons (Fsp3) is 0. The second-order valence-electron chi connectivity index (χ2n) is 11.9. The molecule has 0 N–H and O–H groups in total. The molecule has 0 radical (unpaired) electrons. The number of para-hydroxylation sites is 2. The first-order valence-corrected chi connectivity index (χ1v) is 16.7. The highest BCUT2D eigenvalue weighted by molar-refractivity contribution is 7.25. The Morgan fingerprint density at radius 2 is 0.638 bits per heavy atom. The van der Waals surface area contributed by atoms with Crippen LogP contribution in [0.25, 0.3) is 41.7 Å². The molecular weight excluding hydrogens is 589 g/mol. The van der Waals surface area contributed by atoms with Crippen molar-refractivity contribution in [3.63, 3.8) is 0 Å². The first-order valence-electron chi connectivity index (χ1n) is 15.9. The third kappa shape index (κ3) is 4.98. The summed E-state index contributed by atoms with van der Waals surface area (Å²) < 4.78 is 2.56. The van der Waals surface area contributed by atoms with E-state index < -0.39 is 0 Å². The number of thiophene rings is 1. The summed E-state index contributed by atoms with van der Waals surface area (Å²) in [4.78, 5) is 4.73. The van der Waals surface area contributed by atoms with Gasteiger partial charge in [0.25, 0.3) is 0 Å². The molecule has 1 aromatic heterocycles. The summed E-state index contributed by atoms with van der Waals surface area (Å²) in [5, 5.41) is 7.46. The summed E-state index contributed by atoms with van der Waals surface area (Å²) in [6.45, 7) is 0. The van der Waals surface area contributed by atoms with Crippen LogP contribution in [0.3, 0.4) is 0 Å². The van der Waals surface area contributed by atoms with Crippen molar-refractivity contribution in [2.24, 2.45) is 0 Å². The zero-order chi connectivity index (χ0) is 31.2. The summed E-state index contributed by atoms with van der Waals surface area (Å²) in [6, 6.07) is 65.7. The van der Waals surface area contributed by atoms with Crippen LogP contribution in [0.1, 0.15) is 0 Å². The SMILES string of the molecule is c1ccc(N(c2ccc3ccccc3c2)c2ccc3sc4ccc(N(c5ccccc5)c5ccc6ccccc6c5)cc4c3c2)cc1. The molecule has 3 heteroatoms. The van der Waals surface area contributed by atoms with Gasteiger partial charge in [0.1, 0.15) is 0 Å². The van der Waals surface area contributed by atoms with Crippen LogP contribution in [-0.2, 0) is 0 Å². The lowest BCUT2D eigenvalue weighted by Crippen LogP contribution is -2.10. The number of hydrogen-bond donors (Lipinski definition) is 0. The number of fused-ring (bicyclic) bond motifs is 5. The Hall–Kier alpha value is -5.90. The van der Waals surface area contributed by atoms with E-state index in [1.54, 1.807) is 0 Å². The van der Waals surface area contributed by atoms with Gasteiger partial charge in [-0.25, -0.2) is 0 Å². The monoisotopic (exact) mass is 618 g/mol. The average Bonchev–Trinajstić information content (AvgIpc) is 3.50. The number of nitrogens with zero attached hydrogens (tertiary/aromatic N) is 2. The molecule has 9 aromatic rings. The molecule has 0 unspecified atom stereocenters. The van der Waals surface area contributed by atoms with Gasteiger partial charge in [-0.15, -0.1) is 11.3 Å². The van der Waals surface area contributed by atoms with E-state index >= 15 is 0 Å². The van der Waals surface area contributed by atoms with Gasteiger partial charge in [-0.3, -0.25) is 0 Å². The molecular formula is C44H30N2S. The second-order valence-corrected chi connectivity index (χ2v) is 13.0. The van der Waals surface area contributed by atoms with Gasteiger partial charge >= 0.3 is 0 Å². The summed E-state index contributed by atoms with van der Waals surface area (Å²) in [7, 11) is 0. The predicted molar refractivity (Wildman–Crippen MR) is 204 cm³/mol. The Kier molecular flexibility index (Phi) is 6.69. The average molecular weight is 619 g/mol. The van der Waals surface area contributed by atoms with Gasteiger partial charge in [0.15, 0.2) is 0 Å². The normalized spacial score (nSPS) is 11.4. The van der Waals surface area contributed by atoms with E-state index in [0.29, 0.717) is 0 Å². The van der Waals surface area contributed by atoms with Crippen molar-refractivity contribution in [1.29, 1.82) is 0 Å². The number of anilines is 6. The molecule has 0 spiro atoms. The van der Waals surface area contributed by atoms with Crippen LogP contribution < -0.4 is 9.80 Å². The van der Waals surface area contributed by atoms with Crippen LogP contribution in [0.4, 0.5) is 34.1 Å². The van der Waals surface area contributed by atoms with E-state index in [0.717, 1.165) is 34.1 Å². The van der Waals surface area contributed by atoms with Crippen molar-refractivity contribution in [3.05, 3.63) is 182 Å². The first-order chi connectivity index (χ1) is 23.3. The molecule has 1 heterocycles. The molecule has 222 valence electrons. The largest absolute Gasteiger partial charge is 0.310 e. The van der Waals surface area contributed by atoms with E-state index in [4.69, 9.17) is 0 Å². The van der Waals surface area contributed by atoms with E-state index in [9.17, 15) is 0 Å². The lowest BCUT2D eigenvalue weighted by atomic mass is 10.1. The Labute approximate surface area is 278 Å². The highest BCUT2D eigenvalue weighted by atomic mass is 32.1. The van der Waals surface area contributed by atoms with E-state index in [1.165, 1.54) is 41.7 Å². The molecule has 9 rings (SSSR count). The highest BCUT2D eigenvalue weighted by Gasteiger charge is 2.18. The van der Waals surface area contributed by atoms with Crippen LogP contribution in [0, 0.1) is 0 Å². The summed E-state index contributed by atoms with van der Waals surface area (Å²) >= 11 is 1.85. The van der Waals surface area contributed by atoms with E-state index in [-0.39, 0.29) is 0 Å². The maximum Gasteiger partial charge on any atom is 0.0468 e. The summed E-state index contributed by atoms with van der Waals surface area (Å²) in [5.74, 6) is 0. The molecule has 0 aliphatic carbocycles. The van der Waals surface area contributed by atoms with Crippen LogP contribution >= 0.6 is 11.3 Å². The number of hydrogen-bond acceptors (Lipinski definition) is 3. The molecule has 0 aliphatic rings. The fourth-order valence-corrected chi connectivity index (χ4v) is 7.78. The molecule has 0 fully saturated rings. The highest BCUT2D eigenvalue weighted by Crippen LogP contribution is 2.44. The second kappa shape index (κ2) is 11.5. The molecule has 0 atom stereocenters. The Bertz CT molecular complexity index is 2360. The molecule has 0 aliphatic heterocycles. The number of benzene rings is 8. The standard InChI is InChI=1S/C44H30N2S/c1-3-15-35(16-4-1)45(37-21-19-31-11-7-9-13-33(31)27-37)39-23-25-43-41(29-39)42-30-40(24-26-44(42)47-43)46(36-17-5-2-6-18-36)38-22-20-32-12-8-10-14-34(32)28-38/h1-30H. The van der Waals surface area contributed by atoms with Gasteiger partial charge in [-0.2, -0.15) is 0 Å². The minimum absolute atomic E-state index is 1.13. The molecule has 0 saturated carbocycles. The van der Waals surface area contributed by atoms with Crippen LogP contribution in [-0.4, -0.2) is 0 Å². The molecule has 2 nitrogen and oxygen atoms in total. The van der Waals surface area contributed by atoms with Gasteiger partial charge in [-0.05, 0) is 106 Å². The zero-order valence-corrected chi connectivity index (χ0v) is 26.4. The lowest BCUT2D eigenvalue weighted by Gasteiger charge is -2.26. The molecule has 8 aromatic carbocycles. The van der Waals surface area contributed by atoms with Gasteiger partial charge in [0, 0.05) is 54.3 Å². The molecule has 0 saturated heterocycles. The Balaban J connectivity index is 1.21. The van der Waals surface area contributed by atoms with Gasteiger partial charge in [0.2, 0.25) is 0 Å². The van der Waals surface area contributed by atoms with Crippen molar-refractivity contribution >= 4 is 87.2 Å². The van der Waals surface area contributed by atoms with Crippen molar-refractivity contribution < 1.29 is 0 Å². The van der Waals surface area contributed by atoms with Gasteiger partial charge in [-0.1, -0.05) is 97.1 Å². The predicted octanol–water partition coefficient (Wildman–Crippen LogP) is 13.3. The molecule has 47 heavy (non-hydrogen) atoms. The smallest absolute Gasteiger partial charge is 0.0468 e.